The molecule has 1 atom stereocenters. The summed E-state index contributed by atoms with van der Waals surface area (Å²) in [5.74, 6) is 1.55. The minimum absolute atomic E-state index is 0.638. The molecule has 0 saturated heterocycles. The molecule has 0 rings (SSSR count). The Hall–Kier alpha value is -0.220. The molecule has 0 fully saturated rings. The van der Waals surface area contributed by atoms with Crippen LogP contribution < -0.4 is 5.32 Å². The van der Waals surface area contributed by atoms with Gasteiger partial charge in [0.05, 0.1) is 0 Å². The van der Waals surface area contributed by atoms with E-state index in [1.165, 1.54) is 25.0 Å². The maximum absolute atomic E-state index is 11.2. The van der Waals surface area contributed by atoms with Crippen molar-refractivity contribution in [3.8, 4) is 0 Å². The summed E-state index contributed by atoms with van der Waals surface area (Å²) in [6.45, 7) is 4.14. The van der Waals surface area contributed by atoms with Crippen molar-refractivity contribution < 1.29 is 9.90 Å². The predicted molar refractivity (Wildman–Crippen MR) is 75.8 cm³/mol. The monoisotopic (exact) mass is 261 g/mol. The lowest BCUT2D eigenvalue weighted by Crippen LogP contribution is -2.49. The maximum Gasteiger partial charge on any atom is 0.323 e. The van der Waals surface area contributed by atoms with Crippen molar-refractivity contribution in [3.63, 3.8) is 0 Å². The summed E-state index contributed by atoms with van der Waals surface area (Å²) in [5.41, 5.74) is -0.718. The molecular weight excluding hydrogens is 234 g/mol. The highest BCUT2D eigenvalue weighted by atomic mass is 32.2. The summed E-state index contributed by atoms with van der Waals surface area (Å²) in [7, 11) is 1.74. The van der Waals surface area contributed by atoms with Gasteiger partial charge >= 0.3 is 5.97 Å². The average Bonchev–Trinajstić information content (AvgIpc) is 2.33. The molecule has 3 nitrogen and oxygen atoms in total. The van der Waals surface area contributed by atoms with Crippen molar-refractivity contribution in [2.75, 3.05) is 18.6 Å². The van der Waals surface area contributed by atoms with Crippen molar-refractivity contribution in [1.29, 1.82) is 0 Å². The van der Waals surface area contributed by atoms with Crippen molar-refractivity contribution in [2.24, 2.45) is 0 Å². The number of unbranched alkanes of at least 4 members (excludes halogenated alkanes) is 2. The van der Waals surface area contributed by atoms with Gasteiger partial charge in [0.2, 0.25) is 0 Å². The molecule has 0 aromatic carbocycles. The normalized spacial score (nSPS) is 14.5. The molecule has 0 heterocycles. The summed E-state index contributed by atoms with van der Waals surface area (Å²) in [6.07, 6.45) is 6.17. The van der Waals surface area contributed by atoms with Gasteiger partial charge in [-0.25, -0.2) is 0 Å². The zero-order valence-corrected chi connectivity index (χ0v) is 12.2. The highest BCUT2D eigenvalue weighted by Crippen LogP contribution is 2.19. The number of nitrogens with one attached hydrogen (secondary N) is 1. The minimum Gasteiger partial charge on any atom is -0.480 e. The van der Waals surface area contributed by atoms with Crippen LogP contribution in [0.15, 0.2) is 0 Å². The number of carbonyl (C=O) groups is 1. The summed E-state index contributed by atoms with van der Waals surface area (Å²) in [5, 5.41) is 12.2. The van der Waals surface area contributed by atoms with Gasteiger partial charge in [0.15, 0.2) is 0 Å². The summed E-state index contributed by atoms with van der Waals surface area (Å²) in [6, 6.07) is 0. The largest absolute Gasteiger partial charge is 0.480 e. The van der Waals surface area contributed by atoms with Crippen molar-refractivity contribution in [3.05, 3.63) is 0 Å². The number of thioether (sulfide) groups is 1. The molecule has 0 aliphatic rings. The Balaban J connectivity index is 3.73. The Morgan fingerprint density at radius 3 is 2.35 bits per heavy atom. The van der Waals surface area contributed by atoms with Crippen LogP contribution in [0.1, 0.15) is 52.4 Å². The quantitative estimate of drug-likeness (QED) is 0.561. The lowest BCUT2D eigenvalue weighted by Gasteiger charge is -2.27. The van der Waals surface area contributed by atoms with E-state index in [2.05, 4.69) is 12.2 Å². The maximum atomic E-state index is 11.2. The van der Waals surface area contributed by atoms with Crippen LogP contribution in [0, 0.1) is 0 Å². The molecule has 4 heteroatoms. The van der Waals surface area contributed by atoms with Gasteiger partial charge in [0, 0.05) is 0 Å². The van der Waals surface area contributed by atoms with E-state index >= 15 is 0 Å². The first kappa shape index (κ1) is 16.8. The Morgan fingerprint density at radius 1 is 1.24 bits per heavy atom. The molecule has 0 bridgehead atoms. The number of rotatable bonds is 11. The topological polar surface area (TPSA) is 49.3 Å². The van der Waals surface area contributed by atoms with Crippen LogP contribution in [-0.2, 0) is 4.79 Å². The van der Waals surface area contributed by atoms with Crippen LogP contribution in [-0.4, -0.2) is 35.2 Å². The van der Waals surface area contributed by atoms with Crippen LogP contribution >= 0.6 is 11.8 Å². The third-order valence-corrected chi connectivity index (χ3v) is 4.43. The zero-order chi connectivity index (χ0) is 13.1. The van der Waals surface area contributed by atoms with E-state index in [4.69, 9.17) is 0 Å². The molecular formula is C13H27NO2S. The predicted octanol–water partition coefficient (Wildman–Crippen LogP) is 3.14. The van der Waals surface area contributed by atoms with Crippen molar-refractivity contribution >= 4 is 17.7 Å². The van der Waals surface area contributed by atoms with Crippen LogP contribution in [0.25, 0.3) is 0 Å². The van der Waals surface area contributed by atoms with Gasteiger partial charge in [0.1, 0.15) is 5.54 Å². The number of carboxylic acids is 1. The zero-order valence-electron chi connectivity index (χ0n) is 11.4. The lowest BCUT2D eigenvalue weighted by atomic mass is 9.91. The lowest BCUT2D eigenvalue weighted by molar-refractivity contribution is -0.145. The first-order valence-corrected chi connectivity index (χ1v) is 7.78. The second kappa shape index (κ2) is 9.77. The smallest absolute Gasteiger partial charge is 0.323 e. The molecule has 0 radical (unpaired) electrons. The van der Waals surface area contributed by atoms with E-state index in [9.17, 15) is 9.90 Å². The van der Waals surface area contributed by atoms with E-state index < -0.39 is 11.5 Å². The molecule has 0 spiro atoms. The van der Waals surface area contributed by atoms with E-state index in [1.807, 2.05) is 18.7 Å². The second-order valence-corrected chi connectivity index (χ2v) is 5.64. The number of likely N-dealkylation sites (N-methyl/N-ethyl adjacent to an activating group) is 1. The first-order chi connectivity index (χ1) is 8.13. The summed E-state index contributed by atoms with van der Waals surface area (Å²) >= 11 is 1.95. The third kappa shape index (κ3) is 6.32. The molecule has 102 valence electrons. The van der Waals surface area contributed by atoms with Gasteiger partial charge in [-0.2, -0.15) is 11.8 Å². The second-order valence-electron chi connectivity index (χ2n) is 4.41. The third-order valence-electron chi connectivity index (χ3n) is 3.28. The fraction of sp³-hybridized carbons (Fsp3) is 0.923. The molecule has 0 amide bonds. The molecule has 0 aliphatic carbocycles. The van der Waals surface area contributed by atoms with Gasteiger partial charge in [-0.15, -0.1) is 0 Å². The number of hydrogen-bond donors (Lipinski definition) is 2. The van der Waals surface area contributed by atoms with E-state index in [0.717, 1.165) is 18.6 Å². The van der Waals surface area contributed by atoms with Gasteiger partial charge in [-0.05, 0) is 44.2 Å². The molecule has 1 unspecified atom stereocenters. The van der Waals surface area contributed by atoms with E-state index in [1.54, 1.807) is 7.05 Å². The fourth-order valence-corrected chi connectivity index (χ4v) is 2.84. The molecule has 0 aliphatic heterocycles. The Bertz CT molecular complexity index is 206. The summed E-state index contributed by atoms with van der Waals surface area (Å²) in [4.78, 5) is 11.2. The van der Waals surface area contributed by atoms with E-state index in [0.29, 0.717) is 6.42 Å². The number of hydrogen-bond acceptors (Lipinski definition) is 3. The van der Waals surface area contributed by atoms with Crippen LogP contribution in [0.5, 0.6) is 0 Å². The molecule has 0 saturated carbocycles. The van der Waals surface area contributed by atoms with Crippen molar-refractivity contribution in [1.82, 2.24) is 5.32 Å². The van der Waals surface area contributed by atoms with Crippen LogP contribution in [0.4, 0.5) is 0 Å². The van der Waals surface area contributed by atoms with Crippen LogP contribution in [0.3, 0.4) is 0 Å². The average molecular weight is 261 g/mol. The van der Waals surface area contributed by atoms with Gasteiger partial charge in [0.25, 0.3) is 0 Å². The summed E-state index contributed by atoms with van der Waals surface area (Å²) < 4.78 is 0. The van der Waals surface area contributed by atoms with E-state index in [-0.39, 0.29) is 0 Å². The number of carboxylic acid groups (broad SMARTS) is 1. The molecule has 0 aromatic rings. The van der Waals surface area contributed by atoms with Crippen molar-refractivity contribution in [2.45, 2.75) is 57.9 Å². The number of aliphatic carboxylic acids is 1. The molecule has 17 heavy (non-hydrogen) atoms. The highest BCUT2D eigenvalue weighted by molar-refractivity contribution is 7.99. The fourth-order valence-electron chi connectivity index (χ4n) is 1.88. The SMILES string of the molecule is CCCCCSCCCC(CC)(NC)C(=O)O. The van der Waals surface area contributed by atoms with Gasteiger partial charge < -0.3 is 10.4 Å². The minimum atomic E-state index is -0.724. The Kier molecular flexibility index (Phi) is 9.65. The molecule has 2 N–H and O–H groups in total. The van der Waals surface area contributed by atoms with Crippen LogP contribution in [0.2, 0.25) is 0 Å². The first-order valence-electron chi connectivity index (χ1n) is 6.63. The standard InChI is InChI=1S/C13H27NO2S/c1-4-6-7-10-17-11-8-9-13(5-2,14-3)12(15)16/h14H,4-11H2,1-3H3,(H,15,16). The molecule has 0 aromatic heterocycles. The van der Waals surface area contributed by atoms with Gasteiger partial charge in [-0.1, -0.05) is 26.7 Å². The van der Waals surface area contributed by atoms with Gasteiger partial charge in [-0.3, -0.25) is 4.79 Å². The Morgan fingerprint density at radius 2 is 1.88 bits per heavy atom. The highest BCUT2D eigenvalue weighted by Gasteiger charge is 2.33. The Labute approximate surface area is 110 Å².